The Balaban J connectivity index is 1.87. The van der Waals surface area contributed by atoms with E-state index in [9.17, 15) is 9.90 Å². The number of benzene rings is 2. The number of aliphatic hydroxyl groups is 1. The van der Waals surface area contributed by atoms with Crippen LogP contribution in [-0.2, 0) is 16.9 Å². The summed E-state index contributed by atoms with van der Waals surface area (Å²) in [5.41, 5.74) is 0.571. The van der Waals surface area contributed by atoms with Crippen LogP contribution >= 0.6 is 15.9 Å². The molecule has 0 aromatic heterocycles. The molecular weight excluding hydrogens is 412 g/mol. The van der Waals surface area contributed by atoms with Gasteiger partial charge in [0.25, 0.3) is 0 Å². The van der Waals surface area contributed by atoms with Crippen molar-refractivity contribution in [1.82, 2.24) is 5.01 Å². The standard InChI is InChI=1S/C20H21BrN2O4/c1-13-12-20(25,15-5-7-16(21)8-6-15)23(22-13)19(24)11-14-4-9-17(26-2)18(10-14)27-3/h4-10,25H,11-12H2,1-3H3/t20-/m1/s1. The fraction of sp³-hybridized carbons (Fsp3) is 0.300. The van der Waals surface area contributed by atoms with E-state index in [1.165, 1.54) is 5.01 Å². The zero-order chi connectivity index (χ0) is 19.6. The predicted molar refractivity (Wildman–Crippen MR) is 106 cm³/mol. The molecule has 0 bridgehead atoms. The van der Waals surface area contributed by atoms with Gasteiger partial charge in [0.2, 0.25) is 5.91 Å². The van der Waals surface area contributed by atoms with Crippen LogP contribution in [0.4, 0.5) is 0 Å². The van der Waals surface area contributed by atoms with Gasteiger partial charge < -0.3 is 14.6 Å². The van der Waals surface area contributed by atoms with Crippen molar-refractivity contribution in [1.29, 1.82) is 0 Å². The van der Waals surface area contributed by atoms with E-state index in [1.54, 1.807) is 51.5 Å². The molecule has 1 aliphatic rings. The molecule has 0 fully saturated rings. The van der Waals surface area contributed by atoms with Gasteiger partial charge in [-0.15, -0.1) is 0 Å². The second-order valence-electron chi connectivity index (χ2n) is 6.41. The maximum absolute atomic E-state index is 12.9. The van der Waals surface area contributed by atoms with Crippen molar-refractivity contribution in [3.8, 4) is 11.5 Å². The molecule has 1 heterocycles. The number of carbonyl (C=O) groups excluding carboxylic acids is 1. The van der Waals surface area contributed by atoms with Crippen molar-refractivity contribution >= 4 is 27.5 Å². The van der Waals surface area contributed by atoms with Crippen LogP contribution in [0.3, 0.4) is 0 Å². The zero-order valence-electron chi connectivity index (χ0n) is 15.4. The molecule has 1 amide bonds. The Morgan fingerprint density at radius 2 is 1.85 bits per heavy atom. The first kappa shape index (κ1) is 19.4. The van der Waals surface area contributed by atoms with E-state index in [1.807, 2.05) is 12.1 Å². The summed E-state index contributed by atoms with van der Waals surface area (Å²) in [6, 6.07) is 12.5. The maximum Gasteiger partial charge on any atom is 0.250 e. The minimum atomic E-state index is -1.49. The topological polar surface area (TPSA) is 71.4 Å². The van der Waals surface area contributed by atoms with Crippen molar-refractivity contribution in [2.24, 2.45) is 5.10 Å². The molecule has 7 heteroatoms. The molecule has 0 unspecified atom stereocenters. The molecule has 1 aliphatic heterocycles. The van der Waals surface area contributed by atoms with E-state index in [0.717, 1.165) is 10.0 Å². The summed E-state index contributed by atoms with van der Waals surface area (Å²) in [7, 11) is 3.10. The SMILES string of the molecule is COc1ccc(CC(=O)N2N=C(C)C[C@@]2(O)c2ccc(Br)cc2)cc1OC. The van der Waals surface area contributed by atoms with E-state index < -0.39 is 5.72 Å². The Kier molecular flexibility index (Phi) is 5.53. The third kappa shape index (κ3) is 3.84. The number of halogens is 1. The number of hydrogen-bond donors (Lipinski definition) is 1. The summed E-state index contributed by atoms with van der Waals surface area (Å²) in [5.74, 6) is 0.840. The number of rotatable bonds is 5. The summed E-state index contributed by atoms with van der Waals surface area (Å²) < 4.78 is 11.4. The largest absolute Gasteiger partial charge is 0.493 e. The van der Waals surface area contributed by atoms with Crippen LogP contribution < -0.4 is 9.47 Å². The van der Waals surface area contributed by atoms with Gasteiger partial charge in [0, 0.05) is 22.2 Å². The van der Waals surface area contributed by atoms with Crippen LogP contribution in [0.5, 0.6) is 11.5 Å². The molecule has 0 radical (unpaired) electrons. The van der Waals surface area contributed by atoms with Crippen molar-refractivity contribution in [2.75, 3.05) is 14.2 Å². The quantitative estimate of drug-likeness (QED) is 0.784. The molecule has 1 atom stereocenters. The maximum atomic E-state index is 12.9. The van der Waals surface area contributed by atoms with Crippen molar-refractivity contribution in [3.63, 3.8) is 0 Å². The molecule has 1 N–H and O–H groups in total. The third-order valence-electron chi connectivity index (χ3n) is 4.47. The van der Waals surface area contributed by atoms with Crippen LogP contribution in [0.2, 0.25) is 0 Å². The number of carbonyl (C=O) groups is 1. The summed E-state index contributed by atoms with van der Waals surface area (Å²) >= 11 is 3.38. The number of ether oxygens (including phenoxy) is 2. The zero-order valence-corrected chi connectivity index (χ0v) is 17.0. The van der Waals surface area contributed by atoms with E-state index in [0.29, 0.717) is 22.8 Å². The summed E-state index contributed by atoms with van der Waals surface area (Å²) in [4.78, 5) is 12.9. The second-order valence-corrected chi connectivity index (χ2v) is 7.32. The molecule has 0 aliphatic carbocycles. The average Bonchev–Trinajstić information content (AvgIpc) is 2.97. The highest BCUT2D eigenvalue weighted by molar-refractivity contribution is 9.10. The summed E-state index contributed by atoms with van der Waals surface area (Å²) in [6.45, 7) is 1.80. The van der Waals surface area contributed by atoms with Crippen molar-refractivity contribution < 1.29 is 19.4 Å². The Morgan fingerprint density at radius 3 is 2.48 bits per heavy atom. The normalized spacial score (nSPS) is 19.0. The van der Waals surface area contributed by atoms with Gasteiger partial charge >= 0.3 is 0 Å². The first-order valence-corrected chi connectivity index (χ1v) is 9.23. The summed E-state index contributed by atoms with van der Waals surface area (Å²) in [6.07, 6.45) is 0.349. The monoisotopic (exact) mass is 432 g/mol. The van der Waals surface area contributed by atoms with Gasteiger partial charge in [-0.2, -0.15) is 10.1 Å². The highest BCUT2D eigenvalue weighted by Crippen LogP contribution is 2.36. The number of methoxy groups -OCH3 is 2. The molecule has 142 valence electrons. The van der Waals surface area contributed by atoms with E-state index in [4.69, 9.17) is 9.47 Å². The molecule has 2 aromatic carbocycles. The fourth-order valence-electron chi connectivity index (χ4n) is 3.16. The highest BCUT2D eigenvalue weighted by atomic mass is 79.9. The van der Waals surface area contributed by atoms with Crippen molar-refractivity contribution in [3.05, 3.63) is 58.1 Å². The van der Waals surface area contributed by atoms with Gasteiger partial charge in [-0.1, -0.05) is 34.1 Å². The Labute approximate surface area is 166 Å². The smallest absolute Gasteiger partial charge is 0.250 e. The van der Waals surface area contributed by atoms with Gasteiger partial charge in [-0.05, 0) is 36.8 Å². The lowest BCUT2D eigenvalue weighted by molar-refractivity contribution is -0.157. The molecule has 0 saturated heterocycles. The first-order chi connectivity index (χ1) is 12.9. The molecule has 0 spiro atoms. The van der Waals surface area contributed by atoms with E-state index in [2.05, 4.69) is 21.0 Å². The second kappa shape index (κ2) is 7.70. The Morgan fingerprint density at radius 1 is 1.19 bits per heavy atom. The lowest BCUT2D eigenvalue weighted by Crippen LogP contribution is -2.44. The number of amides is 1. The number of hydrazone groups is 1. The molecule has 2 aromatic rings. The fourth-order valence-corrected chi connectivity index (χ4v) is 3.43. The van der Waals surface area contributed by atoms with E-state index >= 15 is 0 Å². The Hall–Kier alpha value is -2.38. The van der Waals surface area contributed by atoms with Gasteiger partial charge in [-0.3, -0.25) is 4.79 Å². The van der Waals surface area contributed by atoms with Gasteiger partial charge in [0.05, 0.1) is 20.6 Å². The van der Waals surface area contributed by atoms with Crippen LogP contribution in [0.1, 0.15) is 24.5 Å². The Bertz CT molecular complexity index is 882. The van der Waals surface area contributed by atoms with E-state index in [-0.39, 0.29) is 18.7 Å². The molecule has 0 saturated carbocycles. The number of hydrogen-bond acceptors (Lipinski definition) is 5. The average molecular weight is 433 g/mol. The van der Waals surface area contributed by atoms with Gasteiger partial charge in [-0.25, -0.2) is 0 Å². The van der Waals surface area contributed by atoms with Crippen LogP contribution in [0, 0.1) is 0 Å². The van der Waals surface area contributed by atoms with Crippen LogP contribution in [-0.4, -0.2) is 36.0 Å². The predicted octanol–water partition coefficient (Wildman–Crippen LogP) is 3.46. The molecule has 6 nitrogen and oxygen atoms in total. The lowest BCUT2D eigenvalue weighted by Gasteiger charge is -2.31. The van der Waals surface area contributed by atoms with Crippen LogP contribution in [0.25, 0.3) is 0 Å². The lowest BCUT2D eigenvalue weighted by atomic mass is 9.97. The van der Waals surface area contributed by atoms with Crippen LogP contribution in [0.15, 0.2) is 52.0 Å². The minimum Gasteiger partial charge on any atom is -0.493 e. The molecule has 3 rings (SSSR count). The van der Waals surface area contributed by atoms with Crippen molar-refractivity contribution in [2.45, 2.75) is 25.5 Å². The first-order valence-electron chi connectivity index (χ1n) is 8.44. The molecule has 27 heavy (non-hydrogen) atoms. The molecular formula is C20H21BrN2O4. The number of nitrogens with zero attached hydrogens (tertiary/aromatic N) is 2. The third-order valence-corrected chi connectivity index (χ3v) is 5.00. The minimum absolute atomic E-state index is 0.0793. The summed E-state index contributed by atoms with van der Waals surface area (Å²) in [5, 5.41) is 16.7. The highest BCUT2D eigenvalue weighted by Gasteiger charge is 2.44. The van der Waals surface area contributed by atoms with Gasteiger partial charge in [0.15, 0.2) is 17.2 Å². The van der Waals surface area contributed by atoms with Gasteiger partial charge in [0.1, 0.15) is 0 Å².